The standard InChI is InChI=1S/C17H20N2O2/c1-2-3-11-19-13-15(9-10-16(19)20)17(21)18-12-14-7-5-4-6-8-14/h4-10,13H,2-3,11-12H2,1H3,(H,18,21). The number of aromatic nitrogens is 1. The number of aryl methyl sites for hydroxylation is 1. The highest BCUT2D eigenvalue weighted by molar-refractivity contribution is 5.93. The summed E-state index contributed by atoms with van der Waals surface area (Å²) in [6, 6.07) is 12.8. The molecule has 0 aliphatic carbocycles. The molecule has 0 unspecified atom stereocenters. The van der Waals surface area contributed by atoms with Crippen LogP contribution in [0.4, 0.5) is 0 Å². The minimum absolute atomic E-state index is 0.0666. The number of carbonyl (C=O) groups excluding carboxylic acids is 1. The maximum absolute atomic E-state index is 12.1. The third-order valence-electron chi connectivity index (χ3n) is 3.29. The SMILES string of the molecule is CCCCn1cc(C(=O)NCc2ccccc2)ccc1=O. The van der Waals surface area contributed by atoms with Crippen LogP contribution in [0.2, 0.25) is 0 Å². The van der Waals surface area contributed by atoms with E-state index in [1.165, 1.54) is 6.07 Å². The van der Waals surface area contributed by atoms with Crippen LogP contribution in [0.1, 0.15) is 35.7 Å². The minimum Gasteiger partial charge on any atom is -0.348 e. The zero-order valence-electron chi connectivity index (χ0n) is 12.2. The van der Waals surface area contributed by atoms with E-state index in [-0.39, 0.29) is 11.5 Å². The molecule has 1 heterocycles. The number of nitrogens with one attached hydrogen (secondary N) is 1. The fraction of sp³-hybridized carbons (Fsp3) is 0.294. The maximum Gasteiger partial charge on any atom is 0.253 e. The molecule has 4 heteroatoms. The Morgan fingerprint density at radius 1 is 1.14 bits per heavy atom. The van der Waals surface area contributed by atoms with Crippen molar-refractivity contribution in [2.45, 2.75) is 32.9 Å². The van der Waals surface area contributed by atoms with E-state index in [1.54, 1.807) is 16.8 Å². The first-order valence-corrected chi connectivity index (χ1v) is 7.23. The molecule has 0 fully saturated rings. The Bertz CT molecular complexity index is 647. The molecule has 2 aromatic rings. The number of carbonyl (C=O) groups is 1. The number of hydrogen-bond donors (Lipinski definition) is 1. The molecule has 0 atom stereocenters. The first kappa shape index (κ1) is 15.0. The molecule has 1 aromatic carbocycles. The highest BCUT2D eigenvalue weighted by Crippen LogP contribution is 2.01. The minimum atomic E-state index is -0.163. The van der Waals surface area contributed by atoms with Crippen LogP contribution in [0.3, 0.4) is 0 Å². The van der Waals surface area contributed by atoms with Gasteiger partial charge in [-0.2, -0.15) is 0 Å². The second kappa shape index (κ2) is 7.43. The number of pyridine rings is 1. The molecule has 0 aliphatic heterocycles. The summed E-state index contributed by atoms with van der Waals surface area (Å²) < 4.78 is 1.60. The molecule has 0 saturated heterocycles. The van der Waals surface area contributed by atoms with Gasteiger partial charge in [-0.1, -0.05) is 43.7 Å². The van der Waals surface area contributed by atoms with E-state index in [1.807, 2.05) is 30.3 Å². The molecule has 1 aromatic heterocycles. The van der Waals surface area contributed by atoms with E-state index >= 15 is 0 Å². The molecule has 1 N–H and O–H groups in total. The van der Waals surface area contributed by atoms with E-state index in [0.717, 1.165) is 18.4 Å². The highest BCUT2D eigenvalue weighted by Gasteiger charge is 2.07. The van der Waals surface area contributed by atoms with Crippen LogP contribution in [0.25, 0.3) is 0 Å². The van der Waals surface area contributed by atoms with E-state index < -0.39 is 0 Å². The fourth-order valence-electron chi connectivity index (χ4n) is 2.05. The first-order chi connectivity index (χ1) is 10.2. The predicted octanol–water partition coefficient (Wildman–Crippen LogP) is 2.58. The summed E-state index contributed by atoms with van der Waals surface area (Å²) in [6.45, 7) is 3.20. The van der Waals surface area contributed by atoms with Crippen molar-refractivity contribution in [1.82, 2.24) is 9.88 Å². The van der Waals surface area contributed by atoms with Crippen molar-refractivity contribution in [1.29, 1.82) is 0 Å². The van der Waals surface area contributed by atoms with Crippen molar-refractivity contribution in [2.24, 2.45) is 0 Å². The topological polar surface area (TPSA) is 51.1 Å². The van der Waals surface area contributed by atoms with E-state index in [0.29, 0.717) is 18.7 Å². The summed E-state index contributed by atoms with van der Waals surface area (Å²) in [5, 5.41) is 2.86. The van der Waals surface area contributed by atoms with Crippen LogP contribution in [0.5, 0.6) is 0 Å². The third kappa shape index (κ3) is 4.31. The second-order valence-corrected chi connectivity index (χ2v) is 4.97. The Morgan fingerprint density at radius 2 is 1.90 bits per heavy atom. The number of amides is 1. The molecule has 0 radical (unpaired) electrons. The maximum atomic E-state index is 12.1. The van der Waals surface area contributed by atoms with Crippen LogP contribution in [0, 0.1) is 0 Å². The van der Waals surface area contributed by atoms with E-state index in [9.17, 15) is 9.59 Å². The summed E-state index contributed by atoms with van der Waals surface area (Å²) in [6.07, 6.45) is 3.57. The van der Waals surface area contributed by atoms with Gasteiger partial charge in [0.2, 0.25) is 0 Å². The van der Waals surface area contributed by atoms with Gasteiger partial charge in [-0.05, 0) is 18.1 Å². The number of benzene rings is 1. The average Bonchev–Trinajstić information content (AvgIpc) is 2.53. The molecule has 0 saturated carbocycles. The zero-order valence-corrected chi connectivity index (χ0v) is 12.2. The van der Waals surface area contributed by atoms with Crippen LogP contribution in [-0.4, -0.2) is 10.5 Å². The van der Waals surface area contributed by atoms with Gasteiger partial charge in [-0.25, -0.2) is 0 Å². The molecule has 21 heavy (non-hydrogen) atoms. The lowest BCUT2D eigenvalue weighted by molar-refractivity contribution is 0.0950. The van der Waals surface area contributed by atoms with Gasteiger partial charge in [0.05, 0.1) is 5.56 Å². The molecule has 0 spiro atoms. The predicted molar refractivity (Wildman–Crippen MR) is 83.2 cm³/mol. The van der Waals surface area contributed by atoms with Crippen LogP contribution in [0.15, 0.2) is 53.5 Å². The third-order valence-corrected chi connectivity index (χ3v) is 3.29. The molecular formula is C17H20N2O2. The molecular weight excluding hydrogens is 264 g/mol. The van der Waals surface area contributed by atoms with Crippen molar-refractivity contribution in [3.8, 4) is 0 Å². The van der Waals surface area contributed by atoms with Gasteiger partial charge in [0.1, 0.15) is 0 Å². The monoisotopic (exact) mass is 284 g/mol. The Kier molecular flexibility index (Phi) is 5.32. The Balaban J connectivity index is 2.03. The van der Waals surface area contributed by atoms with Crippen molar-refractivity contribution in [2.75, 3.05) is 0 Å². The number of rotatable bonds is 6. The molecule has 2 rings (SSSR count). The molecule has 1 amide bonds. The summed E-state index contributed by atoms with van der Waals surface area (Å²) in [5.41, 5.74) is 1.50. The van der Waals surface area contributed by atoms with Gasteiger partial charge in [-0.15, -0.1) is 0 Å². The summed E-state index contributed by atoms with van der Waals surface area (Å²) in [7, 11) is 0. The van der Waals surface area contributed by atoms with Gasteiger partial charge in [-0.3, -0.25) is 9.59 Å². The van der Waals surface area contributed by atoms with Gasteiger partial charge >= 0.3 is 0 Å². The Labute approximate surface area is 124 Å². The number of unbranched alkanes of at least 4 members (excludes halogenated alkanes) is 1. The zero-order chi connectivity index (χ0) is 15.1. The van der Waals surface area contributed by atoms with Crippen LogP contribution < -0.4 is 10.9 Å². The van der Waals surface area contributed by atoms with Gasteiger partial charge in [0.25, 0.3) is 11.5 Å². The summed E-state index contributed by atoms with van der Waals surface area (Å²) in [5.74, 6) is -0.163. The van der Waals surface area contributed by atoms with E-state index in [2.05, 4.69) is 12.2 Å². The summed E-state index contributed by atoms with van der Waals surface area (Å²) in [4.78, 5) is 23.8. The normalized spacial score (nSPS) is 10.3. The van der Waals surface area contributed by atoms with Crippen molar-refractivity contribution >= 4 is 5.91 Å². The van der Waals surface area contributed by atoms with Gasteiger partial charge < -0.3 is 9.88 Å². The van der Waals surface area contributed by atoms with Gasteiger partial charge in [0.15, 0.2) is 0 Å². The molecule has 0 bridgehead atoms. The van der Waals surface area contributed by atoms with Crippen LogP contribution in [-0.2, 0) is 13.1 Å². The van der Waals surface area contributed by atoms with Crippen molar-refractivity contribution < 1.29 is 4.79 Å². The molecule has 4 nitrogen and oxygen atoms in total. The Morgan fingerprint density at radius 3 is 2.62 bits per heavy atom. The average molecular weight is 284 g/mol. The molecule has 110 valence electrons. The summed E-state index contributed by atoms with van der Waals surface area (Å²) >= 11 is 0. The van der Waals surface area contributed by atoms with Crippen molar-refractivity contribution in [3.05, 3.63) is 70.1 Å². The lowest BCUT2D eigenvalue weighted by Crippen LogP contribution is -2.26. The van der Waals surface area contributed by atoms with E-state index in [4.69, 9.17) is 0 Å². The van der Waals surface area contributed by atoms with Crippen LogP contribution >= 0.6 is 0 Å². The Hall–Kier alpha value is -2.36. The lowest BCUT2D eigenvalue weighted by atomic mass is 10.2. The number of hydrogen-bond acceptors (Lipinski definition) is 2. The first-order valence-electron chi connectivity index (χ1n) is 7.23. The fourth-order valence-corrected chi connectivity index (χ4v) is 2.05. The largest absolute Gasteiger partial charge is 0.348 e. The van der Waals surface area contributed by atoms with Gasteiger partial charge in [0, 0.05) is 25.4 Å². The van der Waals surface area contributed by atoms with Crippen molar-refractivity contribution in [3.63, 3.8) is 0 Å². The smallest absolute Gasteiger partial charge is 0.253 e. The number of nitrogens with zero attached hydrogens (tertiary/aromatic N) is 1. The quantitative estimate of drug-likeness (QED) is 0.886. The lowest BCUT2D eigenvalue weighted by Gasteiger charge is -2.08. The highest BCUT2D eigenvalue weighted by atomic mass is 16.2. The second-order valence-electron chi connectivity index (χ2n) is 4.97. The molecule has 0 aliphatic rings.